The Morgan fingerprint density at radius 2 is 1.97 bits per heavy atom. The van der Waals surface area contributed by atoms with Gasteiger partial charge in [0, 0.05) is 29.7 Å². The van der Waals surface area contributed by atoms with Crippen molar-refractivity contribution in [3.05, 3.63) is 65.4 Å². The van der Waals surface area contributed by atoms with E-state index in [1.54, 1.807) is 4.90 Å². The Hall–Kier alpha value is -2.86. The van der Waals surface area contributed by atoms with Crippen molar-refractivity contribution in [3.63, 3.8) is 0 Å². The van der Waals surface area contributed by atoms with E-state index in [1.165, 1.54) is 5.56 Å². The first-order valence-electron chi connectivity index (χ1n) is 10.9. The van der Waals surface area contributed by atoms with Gasteiger partial charge < -0.3 is 9.47 Å². The van der Waals surface area contributed by atoms with Gasteiger partial charge in [-0.15, -0.1) is 0 Å². The first-order chi connectivity index (χ1) is 14.7. The van der Waals surface area contributed by atoms with Crippen LogP contribution in [0, 0.1) is 0 Å². The number of ether oxygens (including phenoxy) is 2. The molecule has 2 heterocycles. The lowest BCUT2D eigenvalue weighted by molar-refractivity contribution is -0.0817. The summed E-state index contributed by atoms with van der Waals surface area (Å²) in [7, 11) is 0. The predicted molar refractivity (Wildman–Crippen MR) is 121 cm³/mol. The molecule has 0 N–H and O–H groups in total. The fourth-order valence-corrected chi connectivity index (χ4v) is 3.84. The summed E-state index contributed by atoms with van der Waals surface area (Å²) in [6.45, 7) is 10.8. The Labute approximate surface area is 183 Å². The molecule has 0 saturated heterocycles. The summed E-state index contributed by atoms with van der Waals surface area (Å²) in [6.07, 6.45) is 2.02. The van der Waals surface area contributed by atoms with Crippen LogP contribution in [0.3, 0.4) is 0 Å². The monoisotopic (exact) mass is 421 g/mol. The van der Waals surface area contributed by atoms with E-state index >= 15 is 0 Å². The maximum absolute atomic E-state index is 12.9. The second-order valence-corrected chi connectivity index (χ2v) is 9.38. The molecule has 0 fully saturated rings. The summed E-state index contributed by atoms with van der Waals surface area (Å²) in [5.41, 5.74) is 3.69. The topological polar surface area (TPSA) is 56.6 Å². The standard InChI is InChI=1S/C25H31N3O3/c1-17(2)28-15-20-14-18(10-11-22(20)26-28)16-30-23-21-9-7-6-8-19(21)12-13-27(23)24(29)31-25(3,4)5/h6-11,14-15,17,23H,12-13,16H2,1-5H3. The number of benzene rings is 2. The van der Waals surface area contributed by atoms with Crippen molar-refractivity contribution in [1.29, 1.82) is 0 Å². The molecule has 1 amide bonds. The molecule has 0 saturated carbocycles. The van der Waals surface area contributed by atoms with Gasteiger partial charge in [-0.05, 0) is 64.3 Å². The Bertz CT molecular complexity index is 1080. The van der Waals surface area contributed by atoms with E-state index in [1.807, 2.05) is 55.8 Å². The van der Waals surface area contributed by atoms with E-state index in [4.69, 9.17) is 9.47 Å². The minimum atomic E-state index is -0.555. The molecule has 1 aromatic heterocycles. The van der Waals surface area contributed by atoms with Crippen molar-refractivity contribution >= 4 is 17.0 Å². The highest BCUT2D eigenvalue weighted by molar-refractivity contribution is 5.78. The molecule has 6 heteroatoms. The summed E-state index contributed by atoms with van der Waals surface area (Å²) >= 11 is 0. The Morgan fingerprint density at radius 1 is 1.19 bits per heavy atom. The third-order valence-electron chi connectivity index (χ3n) is 5.38. The highest BCUT2D eigenvalue weighted by Crippen LogP contribution is 2.33. The Balaban J connectivity index is 1.57. The van der Waals surface area contributed by atoms with Crippen LogP contribution in [0.15, 0.2) is 48.7 Å². The zero-order valence-corrected chi connectivity index (χ0v) is 19.0. The van der Waals surface area contributed by atoms with E-state index in [2.05, 4.69) is 37.3 Å². The minimum absolute atomic E-state index is 0.313. The molecule has 4 rings (SSSR count). The first kappa shape index (κ1) is 21.4. The second kappa shape index (κ2) is 8.35. The SMILES string of the molecule is CC(C)n1cc2cc(COC3c4ccccc4CCN3C(=O)OC(C)(C)C)ccc2n1. The molecule has 0 aliphatic carbocycles. The molecule has 31 heavy (non-hydrogen) atoms. The van der Waals surface area contributed by atoms with Crippen LogP contribution in [-0.4, -0.2) is 32.9 Å². The number of aromatic nitrogens is 2. The lowest BCUT2D eigenvalue weighted by Gasteiger charge is -2.37. The zero-order chi connectivity index (χ0) is 22.2. The molecule has 3 aromatic rings. The summed E-state index contributed by atoms with van der Waals surface area (Å²) in [6, 6.07) is 14.6. The highest BCUT2D eigenvalue weighted by Gasteiger charge is 2.34. The van der Waals surface area contributed by atoms with Crippen LogP contribution in [-0.2, 0) is 22.5 Å². The van der Waals surface area contributed by atoms with Crippen molar-refractivity contribution in [1.82, 2.24) is 14.7 Å². The molecular weight excluding hydrogens is 390 g/mol. The molecule has 6 nitrogen and oxygen atoms in total. The molecule has 0 radical (unpaired) electrons. The molecule has 1 aliphatic heterocycles. The van der Waals surface area contributed by atoms with Crippen LogP contribution in [0.5, 0.6) is 0 Å². The molecule has 1 atom stereocenters. The van der Waals surface area contributed by atoms with Gasteiger partial charge in [-0.2, -0.15) is 5.10 Å². The smallest absolute Gasteiger partial charge is 0.412 e. The fraction of sp³-hybridized carbons (Fsp3) is 0.440. The highest BCUT2D eigenvalue weighted by atomic mass is 16.6. The summed E-state index contributed by atoms with van der Waals surface area (Å²) in [4.78, 5) is 14.6. The lowest BCUT2D eigenvalue weighted by Crippen LogP contribution is -2.43. The maximum atomic E-state index is 12.9. The van der Waals surface area contributed by atoms with E-state index in [9.17, 15) is 4.79 Å². The Kier molecular flexibility index (Phi) is 5.75. The molecule has 1 unspecified atom stereocenters. The second-order valence-electron chi connectivity index (χ2n) is 9.38. The number of rotatable bonds is 4. The number of hydrogen-bond acceptors (Lipinski definition) is 4. The summed E-state index contributed by atoms with van der Waals surface area (Å²) < 4.78 is 14.0. The van der Waals surface area contributed by atoms with Gasteiger partial charge in [0.2, 0.25) is 0 Å². The predicted octanol–water partition coefficient (Wildman–Crippen LogP) is 5.63. The number of carbonyl (C=O) groups is 1. The van der Waals surface area contributed by atoms with Crippen molar-refractivity contribution in [3.8, 4) is 0 Å². The summed E-state index contributed by atoms with van der Waals surface area (Å²) in [5.74, 6) is 0. The average Bonchev–Trinajstić information content (AvgIpc) is 3.14. The lowest BCUT2D eigenvalue weighted by atomic mass is 9.98. The van der Waals surface area contributed by atoms with Crippen LogP contribution >= 0.6 is 0 Å². The number of hydrogen-bond donors (Lipinski definition) is 0. The number of nitrogens with zero attached hydrogens (tertiary/aromatic N) is 3. The van der Waals surface area contributed by atoms with Crippen molar-refractivity contribution in [2.24, 2.45) is 0 Å². The van der Waals surface area contributed by atoms with Crippen LogP contribution in [0.2, 0.25) is 0 Å². The number of fused-ring (bicyclic) bond motifs is 2. The van der Waals surface area contributed by atoms with Crippen LogP contribution < -0.4 is 0 Å². The average molecular weight is 422 g/mol. The number of carbonyl (C=O) groups excluding carboxylic acids is 1. The molecule has 164 valence electrons. The fourth-order valence-electron chi connectivity index (χ4n) is 3.84. The third-order valence-corrected chi connectivity index (χ3v) is 5.38. The van der Waals surface area contributed by atoms with Gasteiger partial charge in [-0.1, -0.05) is 30.3 Å². The van der Waals surface area contributed by atoms with Crippen molar-refractivity contribution < 1.29 is 14.3 Å². The Morgan fingerprint density at radius 3 is 2.71 bits per heavy atom. The quantitative estimate of drug-likeness (QED) is 0.548. The first-order valence-corrected chi connectivity index (χ1v) is 10.9. The van der Waals surface area contributed by atoms with Crippen LogP contribution in [0.1, 0.15) is 63.6 Å². The van der Waals surface area contributed by atoms with E-state index < -0.39 is 11.8 Å². The molecular formula is C25H31N3O3. The van der Waals surface area contributed by atoms with Gasteiger partial charge in [0.1, 0.15) is 5.60 Å². The van der Waals surface area contributed by atoms with Crippen LogP contribution in [0.25, 0.3) is 10.9 Å². The summed E-state index contributed by atoms with van der Waals surface area (Å²) in [5, 5.41) is 5.69. The van der Waals surface area contributed by atoms with Gasteiger partial charge in [-0.3, -0.25) is 9.58 Å². The van der Waals surface area contributed by atoms with E-state index in [-0.39, 0.29) is 6.09 Å². The molecule has 1 aliphatic rings. The van der Waals surface area contributed by atoms with Crippen LogP contribution in [0.4, 0.5) is 4.79 Å². The van der Waals surface area contributed by atoms with Crippen molar-refractivity contribution in [2.75, 3.05) is 6.54 Å². The van der Waals surface area contributed by atoms with Gasteiger partial charge in [0.05, 0.1) is 12.1 Å². The van der Waals surface area contributed by atoms with Gasteiger partial charge in [0.25, 0.3) is 0 Å². The van der Waals surface area contributed by atoms with E-state index in [0.29, 0.717) is 19.2 Å². The molecule has 2 aromatic carbocycles. The van der Waals surface area contributed by atoms with Gasteiger partial charge >= 0.3 is 6.09 Å². The van der Waals surface area contributed by atoms with Crippen molar-refractivity contribution in [2.45, 2.75) is 65.5 Å². The zero-order valence-electron chi connectivity index (χ0n) is 19.0. The third kappa shape index (κ3) is 4.74. The molecule has 0 bridgehead atoms. The van der Waals surface area contributed by atoms with E-state index in [0.717, 1.165) is 28.5 Å². The van der Waals surface area contributed by atoms with Gasteiger partial charge in [0.15, 0.2) is 6.23 Å². The molecule has 0 spiro atoms. The maximum Gasteiger partial charge on any atom is 0.412 e. The normalized spacial score (nSPS) is 16.6. The minimum Gasteiger partial charge on any atom is -0.444 e. The number of amides is 1. The largest absolute Gasteiger partial charge is 0.444 e. The van der Waals surface area contributed by atoms with Gasteiger partial charge in [-0.25, -0.2) is 4.79 Å².